The Labute approximate surface area is 115 Å². The Morgan fingerprint density at radius 3 is 2.59 bits per heavy atom. The van der Waals surface area contributed by atoms with Gasteiger partial charge in [0.15, 0.2) is 0 Å². The fourth-order valence-electron chi connectivity index (χ4n) is 2.24. The van der Waals surface area contributed by atoms with Crippen molar-refractivity contribution in [3.8, 4) is 0 Å². The summed E-state index contributed by atoms with van der Waals surface area (Å²) in [4.78, 5) is 1.45. The van der Waals surface area contributed by atoms with Crippen molar-refractivity contribution in [2.75, 3.05) is 7.05 Å². The van der Waals surface area contributed by atoms with Gasteiger partial charge < -0.3 is 5.32 Å². The standard InChI is InChI=1S/C14H18BrNS/c1-14(2,3)12-9-6-5-7-10(15)13(9)17-11(12)8-16-4/h5-7,16H,8H2,1-4H3. The van der Waals surface area contributed by atoms with Crippen molar-refractivity contribution in [2.45, 2.75) is 32.7 Å². The van der Waals surface area contributed by atoms with Crippen molar-refractivity contribution in [2.24, 2.45) is 0 Å². The van der Waals surface area contributed by atoms with E-state index in [1.54, 1.807) is 0 Å². The van der Waals surface area contributed by atoms with E-state index < -0.39 is 0 Å². The molecule has 1 aromatic heterocycles. The monoisotopic (exact) mass is 311 g/mol. The molecule has 17 heavy (non-hydrogen) atoms. The third kappa shape index (κ3) is 2.42. The maximum atomic E-state index is 3.65. The molecule has 0 aliphatic heterocycles. The second-order valence-corrected chi connectivity index (χ2v) is 7.26. The van der Waals surface area contributed by atoms with Crippen LogP contribution in [0.1, 0.15) is 31.2 Å². The zero-order valence-electron chi connectivity index (χ0n) is 10.7. The van der Waals surface area contributed by atoms with Crippen molar-refractivity contribution in [3.05, 3.63) is 33.1 Å². The van der Waals surface area contributed by atoms with Crippen LogP contribution in [-0.2, 0) is 12.0 Å². The second-order valence-electron chi connectivity index (χ2n) is 5.30. The highest BCUT2D eigenvalue weighted by atomic mass is 79.9. The largest absolute Gasteiger partial charge is 0.315 e. The van der Waals surface area contributed by atoms with Crippen LogP contribution < -0.4 is 5.32 Å². The van der Waals surface area contributed by atoms with Gasteiger partial charge in [0, 0.05) is 20.6 Å². The van der Waals surface area contributed by atoms with Gasteiger partial charge in [-0.25, -0.2) is 0 Å². The predicted octanol–water partition coefficient (Wildman–Crippen LogP) is 4.68. The van der Waals surface area contributed by atoms with E-state index in [1.807, 2.05) is 18.4 Å². The summed E-state index contributed by atoms with van der Waals surface area (Å²) in [6, 6.07) is 6.47. The highest BCUT2D eigenvalue weighted by Gasteiger charge is 2.23. The van der Waals surface area contributed by atoms with E-state index in [0.29, 0.717) is 0 Å². The highest BCUT2D eigenvalue weighted by Crippen LogP contribution is 2.41. The summed E-state index contributed by atoms with van der Waals surface area (Å²) in [6.45, 7) is 7.80. The molecule has 0 fully saturated rings. The van der Waals surface area contributed by atoms with Crippen LogP contribution in [0.2, 0.25) is 0 Å². The van der Waals surface area contributed by atoms with Crippen molar-refractivity contribution < 1.29 is 0 Å². The van der Waals surface area contributed by atoms with Crippen LogP contribution in [0.3, 0.4) is 0 Å². The SMILES string of the molecule is CNCc1sc2c(Br)cccc2c1C(C)(C)C. The lowest BCUT2D eigenvalue weighted by atomic mass is 9.85. The summed E-state index contributed by atoms with van der Waals surface area (Å²) in [6.07, 6.45) is 0. The number of nitrogens with one attached hydrogen (secondary N) is 1. The second kappa shape index (κ2) is 4.71. The zero-order valence-corrected chi connectivity index (χ0v) is 13.1. The first-order valence-electron chi connectivity index (χ1n) is 5.80. The molecule has 0 amide bonds. The summed E-state index contributed by atoms with van der Waals surface area (Å²) < 4.78 is 2.57. The van der Waals surface area contributed by atoms with Gasteiger partial charge in [-0.05, 0) is 45.4 Å². The van der Waals surface area contributed by atoms with Gasteiger partial charge in [0.25, 0.3) is 0 Å². The Morgan fingerprint density at radius 1 is 1.29 bits per heavy atom. The third-order valence-electron chi connectivity index (χ3n) is 2.83. The molecular formula is C14H18BrNS. The molecular weight excluding hydrogens is 294 g/mol. The molecule has 1 heterocycles. The number of thiophene rings is 1. The summed E-state index contributed by atoms with van der Waals surface area (Å²) in [5, 5.41) is 4.66. The molecule has 0 saturated carbocycles. The number of benzene rings is 1. The first-order valence-corrected chi connectivity index (χ1v) is 7.41. The summed E-state index contributed by atoms with van der Waals surface area (Å²) in [5.74, 6) is 0. The lowest BCUT2D eigenvalue weighted by Gasteiger charge is -2.20. The fourth-order valence-corrected chi connectivity index (χ4v) is 4.28. The van der Waals surface area contributed by atoms with Crippen LogP contribution >= 0.6 is 27.3 Å². The third-order valence-corrected chi connectivity index (χ3v) is 4.99. The summed E-state index contributed by atoms with van der Waals surface area (Å²) in [5.41, 5.74) is 1.67. The molecule has 0 aliphatic rings. The minimum Gasteiger partial charge on any atom is -0.315 e. The first kappa shape index (κ1) is 13.1. The first-order chi connectivity index (χ1) is 7.95. The highest BCUT2D eigenvalue weighted by molar-refractivity contribution is 9.10. The van der Waals surface area contributed by atoms with E-state index in [1.165, 1.54) is 25.0 Å². The van der Waals surface area contributed by atoms with E-state index in [2.05, 4.69) is 60.2 Å². The number of fused-ring (bicyclic) bond motifs is 1. The smallest absolute Gasteiger partial charge is 0.0491 e. The van der Waals surface area contributed by atoms with Crippen LogP contribution in [0.15, 0.2) is 22.7 Å². The van der Waals surface area contributed by atoms with E-state index in [-0.39, 0.29) is 5.41 Å². The van der Waals surface area contributed by atoms with Crippen LogP contribution in [0.4, 0.5) is 0 Å². The topological polar surface area (TPSA) is 12.0 Å². The van der Waals surface area contributed by atoms with E-state index in [4.69, 9.17) is 0 Å². The Balaban J connectivity index is 2.76. The van der Waals surface area contributed by atoms with Crippen LogP contribution in [0.25, 0.3) is 10.1 Å². The fraction of sp³-hybridized carbons (Fsp3) is 0.429. The van der Waals surface area contributed by atoms with Gasteiger partial charge in [0.05, 0.1) is 0 Å². The molecule has 1 aromatic carbocycles. The van der Waals surface area contributed by atoms with Crippen molar-refractivity contribution in [1.29, 1.82) is 0 Å². The lowest BCUT2D eigenvalue weighted by Crippen LogP contribution is -2.15. The molecule has 0 aliphatic carbocycles. The quantitative estimate of drug-likeness (QED) is 0.849. The molecule has 0 atom stereocenters. The number of halogens is 1. The van der Waals surface area contributed by atoms with Crippen LogP contribution in [-0.4, -0.2) is 7.05 Å². The van der Waals surface area contributed by atoms with Gasteiger partial charge in [-0.15, -0.1) is 11.3 Å². The molecule has 0 radical (unpaired) electrons. The van der Waals surface area contributed by atoms with E-state index in [0.717, 1.165) is 6.54 Å². The van der Waals surface area contributed by atoms with Crippen molar-refractivity contribution in [3.63, 3.8) is 0 Å². The Bertz CT molecular complexity index is 537. The average molecular weight is 312 g/mol. The molecule has 0 saturated heterocycles. The summed E-state index contributed by atoms with van der Waals surface area (Å²) in [7, 11) is 2.01. The van der Waals surface area contributed by atoms with E-state index >= 15 is 0 Å². The Kier molecular flexibility index (Phi) is 3.62. The molecule has 2 aromatic rings. The predicted molar refractivity (Wildman–Crippen MR) is 81.0 cm³/mol. The number of hydrogen-bond acceptors (Lipinski definition) is 2. The van der Waals surface area contributed by atoms with Gasteiger partial charge in [0.1, 0.15) is 0 Å². The average Bonchev–Trinajstić information content (AvgIpc) is 2.57. The van der Waals surface area contributed by atoms with Crippen LogP contribution in [0.5, 0.6) is 0 Å². The maximum Gasteiger partial charge on any atom is 0.0491 e. The molecule has 0 bridgehead atoms. The van der Waals surface area contributed by atoms with Gasteiger partial charge in [-0.2, -0.15) is 0 Å². The molecule has 92 valence electrons. The van der Waals surface area contributed by atoms with Gasteiger partial charge in [-0.1, -0.05) is 32.9 Å². The van der Waals surface area contributed by atoms with Gasteiger partial charge in [0.2, 0.25) is 0 Å². The molecule has 1 nitrogen and oxygen atoms in total. The number of hydrogen-bond donors (Lipinski definition) is 1. The minimum atomic E-state index is 0.186. The van der Waals surface area contributed by atoms with Gasteiger partial charge >= 0.3 is 0 Å². The molecule has 3 heteroatoms. The minimum absolute atomic E-state index is 0.186. The van der Waals surface area contributed by atoms with Crippen molar-refractivity contribution in [1.82, 2.24) is 5.32 Å². The number of rotatable bonds is 2. The van der Waals surface area contributed by atoms with Crippen LogP contribution in [0, 0.1) is 0 Å². The Hall–Kier alpha value is -0.380. The molecule has 0 spiro atoms. The summed E-state index contributed by atoms with van der Waals surface area (Å²) >= 11 is 5.54. The Morgan fingerprint density at radius 2 is 2.00 bits per heavy atom. The maximum absolute atomic E-state index is 3.65. The zero-order chi connectivity index (χ0) is 12.6. The lowest BCUT2D eigenvalue weighted by molar-refractivity contribution is 0.588. The molecule has 2 rings (SSSR count). The molecule has 0 unspecified atom stereocenters. The van der Waals surface area contributed by atoms with E-state index in [9.17, 15) is 0 Å². The van der Waals surface area contributed by atoms with Crippen molar-refractivity contribution >= 4 is 37.4 Å². The van der Waals surface area contributed by atoms with Gasteiger partial charge in [-0.3, -0.25) is 0 Å². The molecule has 1 N–H and O–H groups in total. The normalized spacial score (nSPS) is 12.3.